The maximum absolute atomic E-state index is 12.1. The fraction of sp³-hybridized carbons (Fsp3) is 0.214. The predicted octanol–water partition coefficient (Wildman–Crippen LogP) is 1.74. The minimum Gasteiger partial charge on any atom is -0.454 e. The third kappa shape index (κ3) is 3.02. The Morgan fingerprint density at radius 1 is 1.52 bits per heavy atom. The van der Waals surface area contributed by atoms with Crippen LogP contribution in [-0.2, 0) is 6.54 Å². The van der Waals surface area contributed by atoms with E-state index in [2.05, 4.69) is 20.6 Å². The topological polar surface area (TPSA) is 88.7 Å². The number of hydrogen-bond acceptors (Lipinski definition) is 4. The number of furan rings is 1. The minimum absolute atomic E-state index is 0.143. The van der Waals surface area contributed by atoms with Crippen LogP contribution in [0.4, 0.5) is 0 Å². The average molecular weight is 285 g/mol. The summed E-state index contributed by atoms with van der Waals surface area (Å²) in [5, 5.41) is 13.5. The molecule has 0 bridgehead atoms. The Labute approximate surface area is 121 Å². The minimum atomic E-state index is -0.254. The Morgan fingerprint density at radius 3 is 3.14 bits per heavy atom. The lowest BCUT2D eigenvalue weighted by molar-refractivity contribution is 0.0910. The standard InChI is InChI=1S/C14H15N5O2/c1-10(11-7-15-16-8-11)18-14(20)13-4-3-12(21-13)9-19-6-2-5-17-19/h2-8,10H,9H2,1H3,(H,15,16)(H,18,20). The first-order chi connectivity index (χ1) is 10.2. The molecule has 21 heavy (non-hydrogen) atoms. The lowest BCUT2D eigenvalue weighted by Gasteiger charge is -2.10. The van der Waals surface area contributed by atoms with Crippen molar-refractivity contribution in [3.63, 3.8) is 0 Å². The van der Waals surface area contributed by atoms with Gasteiger partial charge in [0, 0.05) is 24.2 Å². The summed E-state index contributed by atoms with van der Waals surface area (Å²) in [4.78, 5) is 12.1. The van der Waals surface area contributed by atoms with Gasteiger partial charge in [0.25, 0.3) is 5.91 Å². The SMILES string of the molecule is CC(NC(=O)c1ccc(Cn2cccn2)o1)c1cn[nH]c1. The number of hydrogen-bond donors (Lipinski definition) is 2. The van der Waals surface area contributed by atoms with Gasteiger partial charge in [-0.15, -0.1) is 0 Å². The van der Waals surface area contributed by atoms with Gasteiger partial charge in [0.05, 0.1) is 18.8 Å². The van der Waals surface area contributed by atoms with E-state index >= 15 is 0 Å². The van der Waals surface area contributed by atoms with Gasteiger partial charge in [0.15, 0.2) is 5.76 Å². The highest BCUT2D eigenvalue weighted by Crippen LogP contribution is 2.13. The van der Waals surface area contributed by atoms with Gasteiger partial charge in [0.1, 0.15) is 5.76 Å². The molecule has 3 aromatic rings. The fourth-order valence-corrected chi connectivity index (χ4v) is 1.99. The highest BCUT2D eigenvalue weighted by molar-refractivity contribution is 5.91. The van der Waals surface area contributed by atoms with Crippen LogP contribution in [0.25, 0.3) is 0 Å². The number of aromatic nitrogens is 4. The van der Waals surface area contributed by atoms with Gasteiger partial charge in [-0.25, -0.2) is 0 Å². The van der Waals surface area contributed by atoms with Crippen molar-refractivity contribution in [1.29, 1.82) is 0 Å². The Kier molecular flexibility index (Phi) is 3.55. The fourth-order valence-electron chi connectivity index (χ4n) is 1.99. The van der Waals surface area contributed by atoms with Crippen molar-refractivity contribution in [2.45, 2.75) is 19.5 Å². The van der Waals surface area contributed by atoms with Gasteiger partial charge >= 0.3 is 0 Å². The van der Waals surface area contributed by atoms with Crippen LogP contribution in [-0.4, -0.2) is 25.9 Å². The van der Waals surface area contributed by atoms with E-state index < -0.39 is 0 Å². The van der Waals surface area contributed by atoms with Gasteiger partial charge in [-0.2, -0.15) is 10.2 Å². The first-order valence-corrected chi connectivity index (χ1v) is 6.58. The van der Waals surface area contributed by atoms with E-state index in [4.69, 9.17) is 4.42 Å². The maximum Gasteiger partial charge on any atom is 0.287 e. The molecule has 2 N–H and O–H groups in total. The molecule has 7 nitrogen and oxygen atoms in total. The van der Waals surface area contributed by atoms with Crippen molar-refractivity contribution in [2.24, 2.45) is 0 Å². The van der Waals surface area contributed by atoms with Crippen molar-refractivity contribution in [3.05, 3.63) is 60.1 Å². The van der Waals surface area contributed by atoms with Crippen molar-refractivity contribution in [3.8, 4) is 0 Å². The molecule has 0 aromatic carbocycles. The summed E-state index contributed by atoms with van der Waals surface area (Å²) in [6.07, 6.45) is 6.96. The smallest absolute Gasteiger partial charge is 0.287 e. The number of amides is 1. The second-order valence-electron chi connectivity index (χ2n) is 4.70. The third-order valence-corrected chi connectivity index (χ3v) is 3.13. The van der Waals surface area contributed by atoms with Crippen LogP contribution >= 0.6 is 0 Å². The van der Waals surface area contributed by atoms with Crippen LogP contribution in [0.1, 0.15) is 34.8 Å². The molecule has 3 aromatic heterocycles. The van der Waals surface area contributed by atoms with Crippen molar-refractivity contribution < 1.29 is 9.21 Å². The van der Waals surface area contributed by atoms with Crippen LogP contribution in [0.15, 0.2) is 47.4 Å². The van der Waals surface area contributed by atoms with E-state index in [-0.39, 0.29) is 17.7 Å². The molecule has 0 fully saturated rings. The van der Waals surface area contributed by atoms with E-state index in [0.717, 1.165) is 5.56 Å². The summed E-state index contributed by atoms with van der Waals surface area (Å²) in [5.74, 6) is 0.711. The molecule has 0 aliphatic heterocycles. The van der Waals surface area contributed by atoms with E-state index in [0.29, 0.717) is 12.3 Å². The lowest BCUT2D eigenvalue weighted by atomic mass is 10.2. The molecule has 7 heteroatoms. The first kappa shape index (κ1) is 13.2. The molecular formula is C14H15N5O2. The molecule has 1 amide bonds. The van der Waals surface area contributed by atoms with Crippen LogP contribution < -0.4 is 5.32 Å². The summed E-state index contributed by atoms with van der Waals surface area (Å²) in [6, 6.07) is 5.13. The Morgan fingerprint density at radius 2 is 2.43 bits per heavy atom. The second kappa shape index (κ2) is 5.66. The number of nitrogens with zero attached hydrogens (tertiary/aromatic N) is 3. The quantitative estimate of drug-likeness (QED) is 0.747. The molecule has 0 radical (unpaired) electrons. The highest BCUT2D eigenvalue weighted by Gasteiger charge is 2.15. The van der Waals surface area contributed by atoms with Gasteiger partial charge in [-0.1, -0.05) is 0 Å². The lowest BCUT2D eigenvalue weighted by Crippen LogP contribution is -2.26. The van der Waals surface area contributed by atoms with Gasteiger partial charge in [-0.3, -0.25) is 14.6 Å². The Hall–Kier alpha value is -2.83. The Balaban J connectivity index is 1.64. The number of aromatic amines is 1. The van der Waals surface area contributed by atoms with Gasteiger partial charge in [-0.05, 0) is 25.1 Å². The van der Waals surface area contributed by atoms with Crippen LogP contribution in [0.5, 0.6) is 0 Å². The highest BCUT2D eigenvalue weighted by atomic mass is 16.4. The molecule has 3 rings (SSSR count). The van der Waals surface area contributed by atoms with Crippen molar-refractivity contribution >= 4 is 5.91 Å². The summed E-state index contributed by atoms with van der Waals surface area (Å²) in [7, 11) is 0. The summed E-state index contributed by atoms with van der Waals surface area (Å²) >= 11 is 0. The molecule has 1 unspecified atom stereocenters. The molecule has 0 saturated carbocycles. The van der Waals surface area contributed by atoms with Gasteiger partial charge in [0.2, 0.25) is 0 Å². The predicted molar refractivity (Wildman–Crippen MR) is 74.5 cm³/mol. The van der Waals surface area contributed by atoms with Crippen molar-refractivity contribution in [2.75, 3.05) is 0 Å². The molecule has 108 valence electrons. The zero-order valence-electron chi connectivity index (χ0n) is 11.5. The molecular weight excluding hydrogens is 270 g/mol. The van der Waals surface area contributed by atoms with E-state index in [1.807, 2.05) is 19.2 Å². The summed E-state index contributed by atoms with van der Waals surface area (Å²) in [5.41, 5.74) is 0.909. The zero-order chi connectivity index (χ0) is 14.7. The molecule has 0 aliphatic rings. The van der Waals surface area contributed by atoms with E-state index in [1.165, 1.54) is 0 Å². The molecule has 3 heterocycles. The maximum atomic E-state index is 12.1. The molecule has 0 saturated heterocycles. The monoisotopic (exact) mass is 285 g/mol. The van der Waals surface area contributed by atoms with Crippen LogP contribution in [0, 0.1) is 0 Å². The van der Waals surface area contributed by atoms with E-state index in [1.54, 1.807) is 35.4 Å². The normalized spacial score (nSPS) is 12.2. The summed E-state index contributed by atoms with van der Waals surface area (Å²) in [6.45, 7) is 2.38. The second-order valence-corrected chi connectivity index (χ2v) is 4.70. The number of H-pyrrole nitrogens is 1. The van der Waals surface area contributed by atoms with Gasteiger partial charge < -0.3 is 9.73 Å². The van der Waals surface area contributed by atoms with E-state index in [9.17, 15) is 4.79 Å². The van der Waals surface area contributed by atoms with Crippen molar-refractivity contribution in [1.82, 2.24) is 25.3 Å². The summed E-state index contributed by atoms with van der Waals surface area (Å²) < 4.78 is 7.27. The molecule has 1 atom stereocenters. The number of carbonyl (C=O) groups is 1. The first-order valence-electron chi connectivity index (χ1n) is 6.58. The number of rotatable bonds is 5. The zero-order valence-corrected chi connectivity index (χ0v) is 11.5. The number of nitrogens with one attached hydrogen (secondary N) is 2. The number of carbonyl (C=O) groups excluding carboxylic acids is 1. The van der Waals surface area contributed by atoms with Crippen LogP contribution in [0.2, 0.25) is 0 Å². The largest absolute Gasteiger partial charge is 0.454 e. The molecule has 0 aliphatic carbocycles. The van der Waals surface area contributed by atoms with Crippen LogP contribution in [0.3, 0.4) is 0 Å². The molecule has 0 spiro atoms. The third-order valence-electron chi connectivity index (χ3n) is 3.13. The Bertz CT molecular complexity index is 700. The average Bonchev–Trinajstić information content (AvgIpc) is 3.22.